The van der Waals surface area contributed by atoms with Gasteiger partial charge < -0.3 is 15.0 Å². The van der Waals surface area contributed by atoms with Gasteiger partial charge in [-0.3, -0.25) is 4.72 Å². The van der Waals surface area contributed by atoms with Gasteiger partial charge in [-0.1, -0.05) is 23.7 Å². The van der Waals surface area contributed by atoms with Crippen molar-refractivity contribution < 1.29 is 13.2 Å². The van der Waals surface area contributed by atoms with Crippen molar-refractivity contribution in [1.82, 2.24) is 5.32 Å². The Morgan fingerprint density at radius 1 is 1.19 bits per heavy atom. The van der Waals surface area contributed by atoms with E-state index in [9.17, 15) is 8.42 Å². The third kappa shape index (κ3) is 4.48. The van der Waals surface area contributed by atoms with Crippen LogP contribution in [0.5, 0.6) is 5.75 Å². The highest BCUT2D eigenvalue weighted by Crippen LogP contribution is 2.34. The molecule has 1 aliphatic rings. The van der Waals surface area contributed by atoms with E-state index in [-0.39, 0.29) is 4.90 Å². The molecule has 0 bridgehead atoms. The molecule has 1 fully saturated rings. The average Bonchev–Trinajstić information content (AvgIpc) is 2.69. The first-order valence-corrected chi connectivity index (χ1v) is 10.7. The quantitative estimate of drug-likeness (QED) is 0.765. The van der Waals surface area contributed by atoms with Gasteiger partial charge in [-0.05, 0) is 56.3 Å². The van der Waals surface area contributed by atoms with Gasteiger partial charge in [0.25, 0.3) is 10.0 Å². The molecule has 6 nitrogen and oxygen atoms in total. The maximum Gasteiger partial charge on any atom is 0.262 e. The predicted octanol–water partition coefficient (Wildman–Crippen LogP) is 3.34. The zero-order chi connectivity index (χ0) is 19.4. The molecule has 27 heavy (non-hydrogen) atoms. The standard InChI is InChI=1S/C19H24ClN3O3S/c1-23(14-9-11-21-12-10-14)18-13-15(7-8-19(18)26-2)27(24,25)22-17-6-4-3-5-16(17)20/h3-8,13-14,21-22H,9-12H2,1-2H3. The van der Waals surface area contributed by atoms with Crippen LogP contribution in [0.4, 0.5) is 11.4 Å². The van der Waals surface area contributed by atoms with Crippen LogP contribution in [0.3, 0.4) is 0 Å². The number of sulfonamides is 1. The van der Waals surface area contributed by atoms with Gasteiger partial charge in [-0.15, -0.1) is 0 Å². The smallest absolute Gasteiger partial charge is 0.262 e. The third-order valence-corrected chi connectivity index (χ3v) is 6.51. The zero-order valence-corrected chi connectivity index (χ0v) is 17.0. The van der Waals surface area contributed by atoms with Crippen molar-refractivity contribution in [2.24, 2.45) is 0 Å². The fraction of sp³-hybridized carbons (Fsp3) is 0.368. The van der Waals surface area contributed by atoms with E-state index in [1.54, 1.807) is 43.5 Å². The molecular weight excluding hydrogens is 386 g/mol. The van der Waals surface area contributed by atoms with Gasteiger partial charge in [-0.25, -0.2) is 8.42 Å². The van der Waals surface area contributed by atoms with Crippen molar-refractivity contribution >= 4 is 33.0 Å². The number of benzene rings is 2. The van der Waals surface area contributed by atoms with Gasteiger partial charge in [0.15, 0.2) is 0 Å². The van der Waals surface area contributed by atoms with Crippen molar-refractivity contribution in [3.8, 4) is 5.75 Å². The van der Waals surface area contributed by atoms with Crippen LogP contribution in [0.2, 0.25) is 5.02 Å². The number of methoxy groups -OCH3 is 1. The van der Waals surface area contributed by atoms with Gasteiger partial charge in [0.1, 0.15) is 5.75 Å². The normalized spacial score (nSPS) is 15.4. The number of hydrogen-bond acceptors (Lipinski definition) is 5. The van der Waals surface area contributed by atoms with Gasteiger partial charge in [0.05, 0.1) is 28.4 Å². The minimum Gasteiger partial charge on any atom is -0.495 e. The van der Waals surface area contributed by atoms with Crippen LogP contribution in [-0.4, -0.2) is 41.7 Å². The maximum atomic E-state index is 12.9. The lowest BCUT2D eigenvalue weighted by Crippen LogP contribution is -2.41. The summed E-state index contributed by atoms with van der Waals surface area (Å²) >= 11 is 6.09. The molecular formula is C19H24ClN3O3S. The maximum absolute atomic E-state index is 12.9. The van der Waals surface area contributed by atoms with Crippen molar-refractivity contribution in [2.45, 2.75) is 23.8 Å². The second kappa shape index (κ2) is 8.37. The van der Waals surface area contributed by atoms with Gasteiger partial charge in [0.2, 0.25) is 0 Å². The molecule has 0 unspecified atom stereocenters. The topological polar surface area (TPSA) is 70.7 Å². The second-order valence-corrected chi connectivity index (χ2v) is 8.60. The van der Waals surface area contributed by atoms with Crippen LogP contribution in [-0.2, 0) is 10.0 Å². The second-order valence-electron chi connectivity index (χ2n) is 6.51. The first-order chi connectivity index (χ1) is 12.9. The highest BCUT2D eigenvalue weighted by Gasteiger charge is 2.23. The number of nitrogens with one attached hydrogen (secondary N) is 2. The minimum atomic E-state index is -3.78. The highest BCUT2D eigenvalue weighted by atomic mass is 35.5. The number of anilines is 2. The van der Waals surface area contributed by atoms with Crippen molar-refractivity contribution in [3.63, 3.8) is 0 Å². The number of halogens is 1. The predicted molar refractivity (Wildman–Crippen MR) is 110 cm³/mol. The van der Waals surface area contributed by atoms with E-state index in [4.69, 9.17) is 16.3 Å². The Morgan fingerprint density at radius 2 is 1.89 bits per heavy atom. The monoisotopic (exact) mass is 409 g/mol. The van der Waals surface area contributed by atoms with E-state index < -0.39 is 10.0 Å². The Hall–Kier alpha value is -1.96. The first-order valence-electron chi connectivity index (χ1n) is 8.81. The van der Waals surface area contributed by atoms with Gasteiger partial charge in [-0.2, -0.15) is 0 Å². The van der Waals surface area contributed by atoms with E-state index in [1.165, 1.54) is 6.07 Å². The Kier molecular flexibility index (Phi) is 6.14. The Morgan fingerprint density at radius 3 is 2.56 bits per heavy atom. The molecule has 1 heterocycles. The summed E-state index contributed by atoms with van der Waals surface area (Å²) in [5, 5.41) is 3.69. The van der Waals surface area contributed by atoms with Crippen molar-refractivity contribution in [2.75, 3.05) is 36.9 Å². The van der Waals surface area contributed by atoms with Gasteiger partial charge in [0, 0.05) is 13.1 Å². The third-order valence-electron chi connectivity index (χ3n) is 4.82. The fourth-order valence-corrected chi connectivity index (χ4v) is 4.59. The first kappa shape index (κ1) is 19.8. The molecule has 3 rings (SSSR count). The lowest BCUT2D eigenvalue weighted by atomic mass is 10.0. The van der Waals surface area contributed by atoms with Crippen molar-refractivity contribution in [1.29, 1.82) is 0 Å². The molecule has 2 N–H and O–H groups in total. The van der Waals surface area contributed by atoms with Crippen LogP contribution in [0.1, 0.15) is 12.8 Å². The number of ether oxygens (including phenoxy) is 1. The molecule has 1 aliphatic heterocycles. The van der Waals surface area contributed by atoms with E-state index in [1.807, 2.05) is 7.05 Å². The number of rotatable bonds is 6. The Labute approximate surface area is 165 Å². The fourth-order valence-electron chi connectivity index (χ4n) is 3.25. The summed E-state index contributed by atoms with van der Waals surface area (Å²) < 4.78 is 33.8. The van der Waals surface area contributed by atoms with Gasteiger partial charge >= 0.3 is 0 Å². The Bertz CT molecular complexity index is 899. The van der Waals surface area contributed by atoms with E-state index in [0.29, 0.717) is 22.5 Å². The number of nitrogens with zero attached hydrogens (tertiary/aromatic N) is 1. The average molecular weight is 410 g/mol. The molecule has 2 aromatic carbocycles. The summed E-state index contributed by atoms with van der Waals surface area (Å²) in [4.78, 5) is 2.27. The summed E-state index contributed by atoms with van der Waals surface area (Å²) in [5.74, 6) is 0.646. The molecule has 8 heteroatoms. The molecule has 0 aromatic heterocycles. The number of piperidine rings is 1. The molecule has 0 spiro atoms. The number of para-hydroxylation sites is 1. The molecule has 1 saturated heterocycles. The molecule has 0 saturated carbocycles. The van der Waals surface area contributed by atoms with E-state index >= 15 is 0 Å². The van der Waals surface area contributed by atoms with Crippen molar-refractivity contribution in [3.05, 3.63) is 47.5 Å². The minimum absolute atomic E-state index is 0.166. The van der Waals surface area contributed by atoms with Crippen LogP contribution in [0.15, 0.2) is 47.4 Å². The largest absolute Gasteiger partial charge is 0.495 e. The molecule has 0 atom stereocenters. The molecule has 0 aliphatic carbocycles. The Balaban J connectivity index is 1.93. The van der Waals surface area contributed by atoms with Crippen LogP contribution in [0.25, 0.3) is 0 Å². The molecule has 0 radical (unpaired) electrons. The zero-order valence-electron chi connectivity index (χ0n) is 15.4. The lowest BCUT2D eigenvalue weighted by molar-refractivity contribution is 0.405. The van der Waals surface area contributed by atoms with E-state index in [2.05, 4.69) is 14.9 Å². The molecule has 2 aromatic rings. The van der Waals surface area contributed by atoms with Crippen LogP contribution < -0.4 is 19.7 Å². The summed E-state index contributed by atoms with van der Waals surface area (Å²) in [5.41, 5.74) is 1.11. The summed E-state index contributed by atoms with van der Waals surface area (Å²) in [6.07, 6.45) is 1.99. The molecule has 146 valence electrons. The number of hydrogen-bond donors (Lipinski definition) is 2. The summed E-state index contributed by atoms with van der Waals surface area (Å²) in [7, 11) is -0.210. The van der Waals surface area contributed by atoms with E-state index in [0.717, 1.165) is 31.6 Å². The molecule has 0 amide bonds. The van der Waals surface area contributed by atoms with Crippen LogP contribution in [0, 0.1) is 0 Å². The van der Waals surface area contributed by atoms with Crippen LogP contribution >= 0.6 is 11.6 Å². The highest BCUT2D eigenvalue weighted by molar-refractivity contribution is 7.92. The SMILES string of the molecule is COc1ccc(S(=O)(=O)Nc2ccccc2Cl)cc1N(C)C1CCNCC1. The summed E-state index contributed by atoms with van der Waals surface area (Å²) in [6, 6.07) is 12.0. The lowest BCUT2D eigenvalue weighted by Gasteiger charge is -2.34. The summed E-state index contributed by atoms with van der Waals surface area (Å²) in [6.45, 7) is 1.90.